The van der Waals surface area contributed by atoms with E-state index in [1.54, 1.807) is 12.2 Å². The molecule has 0 fully saturated rings. The minimum atomic E-state index is -0.502. The summed E-state index contributed by atoms with van der Waals surface area (Å²) in [6, 6.07) is 0. The van der Waals surface area contributed by atoms with Crippen LogP contribution in [0.5, 0.6) is 0 Å². The second-order valence-electron chi connectivity index (χ2n) is 2.71. The Kier molecular flexibility index (Phi) is 2.64. The molecule has 0 amide bonds. The van der Waals surface area contributed by atoms with Crippen molar-refractivity contribution in [3.63, 3.8) is 0 Å². The van der Waals surface area contributed by atoms with Crippen molar-refractivity contribution in [2.75, 3.05) is 0 Å². The molecule has 68 valence electrons. The zero-order chi connectivity index (χ0) is 9.84. The molecule has 1 rings (SSSR count). The summed E-state index contributed by atoms with van der Waals surface area (Å²) in [7, 11) is 0. The average molecular weight is 178 g/mol. The van der Waals surface area contributed by atoms with Gasteiger partial charge in [-0.25, -0.2) is 4.79 Å². The molecule has 0 aliphatic heterocycles. The van der Waals surface area contributed by atoms with Gasteiger partial charge in [0.05, 0.1) is 5.56 Å². The molecule has 1 aromatic rings. The van der Waals surface area contributed by atoms with Gasteiger partial charge in [-0.3, -0.25) is 9.78 Å². The van der Waals surface area contributed by atoms with E-state index in [0.29, 0.717) is 5.56 Å². The minimum Gasteiger partial charge on any atom is -0.314 e. The fraction of sp³-hybridized carbons (Fsp3) is 0.111. The molecule has 0 aliphatic rings. The van der Waals surface area contributed by atoms with Crippen molar-refractivity contribution in [1.29, 1.82) is 0 Å². The summed E-state index contributed by atoms with van der Waals surface area (Å²) in [5.74, 6) is 0. The molecule has 2 N–H and O–H groups in total. The van der Waals surface area contributed by atoms with Crippen molar-refractivity contribution in [2.24, 2.45) is 0 Å². The molecular formula is C9H10N2O2. The maximum absolute atomic E-state index is 11.1. The van der Waals surface area contributed by atoms with Crippen molar-refractivity contribution in [3.8, 4) is 0 Å². The average Bonchev–Trinajstić information content (AvgIpc) is 2.02. The van der Waals surface area contributed by atoms with Crippen LogP contribution in [0.3, 0.4) is 0 Å². The van der Waals surface area contributed by atoms with E-state index >= 15 is 0 Å². The van der Waals surface area contributed by atoms with E-state index in [2.05, 4.69) is 16.5 Å². The summed E-state index contributed by atoms with van der Waals surface area (Å²) < 4.78 is 0. The van der Waals surface area contributed by atoms with Gasteiger partial charge in [0.25, 0.3) is 5.56 Å². The molecule has 0 saturated heterocycles. The zero-order valence-corrected chi connectivity index (χ0v) is 7.26. The summed E-state index contributed by atoms with van der Waals surface area (Å²) in [5.41, 5.74) is 0.340. The fourth-order valence-corrected chi connectivity index (χ4v) is 0.776. The molecule has 0 radical (unpaired) electrons. The van der Waals surface area contributed by atoms with Crippen molar-refractivity contribution in [1.82, 2.24) is 9.97 Å². The van der Waals surface area contributed by atoms with Gasteiger partial charge in [0, 0.05) is 6.20 Å². The number of rotatable bonds is 2. The maximum atomic E-state index is 11.1. The van der Waals surface area contributed by atoms with Gasteiger partial charge >= 0.3 is 5.69 Å². The number of H-pyrrole nitrogens is 2. The van der Waals surface area contributed by atoms with Gasteiger partial charge in [-0.1, -0.05) is 18.2 Å². The van der Waals surface area contributed by atoms with Gasteiger partial charge in [0.1, 0.15) is 0 Å². The first-order valence-electron chi connectivity index (χ1n) is 3.75. The lowest BCUT2D eigenvalue weighted by molar-refractivity contribution is 1.03. The van der Waals surface area contributed by atoms with Gasteiger partial charge in [-0.2, -0.15) is 0 Å². The first-order chi connectivity index (χ1) is 6.09. The highest BCUT2D eigenvalue weighted by molar-refractivity contribution is 5.49. The summed E-state index contributed by atoms with van der Waals surface area (Å²) in [5, 5.41) is 0. The Labute approximate surface area is 74.6 Å². The van der Waals surface area contributed by atoms with Crippen LogP contribution in [0.1, 0.15) is 12.5 Å². The standard InChI is InChI=1S/C9H10N2O2/c1-6(2)3-4-7-5-10-9(13)11-8(7)12/h3-5H,1H2,2H3,(H2,10,11,12,13)/b4-3+. The molecule has 1 heterocycles. The fourth-order valence-electron chi connectivity index (χ4n) is 0.776. The van der Waals surface area contributed by atoms with Crippen LogP contribution in [-0.4, -0.2) is 9.97 Å². The normalized spacial score (nSPS) is 10.5. The lowest BCUT2D eigenvalue weighted by atomic mass is 10.2. The second-order valence-corrected chi connectivity index (χ2v) is 2.71. The molecule has 0 atom stereocenters. The number of nitrogens with one attached hydrogen (secondary N) is 2. The largest absolute Gasteiger partial charge is 0.325 e. The van der Waals surface area contributed by atoms with E-state index in [1.807, 2.05) is 6.92 Å². The van der Waals surface area contributed by atoms with E-state index in [-0.39, 0.29) is 0 Å². The lowest BCUT2D eigenvalue weighted by Crippen LogP contribution is -2.22. The van der Waals surface area contributed by atoms with Crippen molar-refractivity contribution >= 4 is 6.08 Å². The predicted molar refractivity (Wildman–Crippen MR) is 51.5 cm³/mol. The van der Waals surface area contributed by atoms with Crippen molar-refractivity contribution < 1.29 is 0 Å². The number of allylic oxidation sites excluding steroid dienone is 2. The van der Waals surface area contributed by atoms with Gasteiger partial charge in [-0.05, 0) is 13.0 Å². The summed E-state index contributed by atoms with van der Waals surface area (Å²) in [6.45, 7) is 5.46. The Morgan fingerprint density at radius 3 is 2.77 bits per heavy atom. The van der Waals surface area contributed by atoms with Crippen LogP contribution < -0.4 is 11.2 Å². The third kappa shape index (κ3) is 2.59. The van der Waals surface area contributed by atoms with E-state index in [4.69, 9.17) is 0 Å². The van der Waals surface area contributed by atoms with Crippen LogP contribution in [0.2, 0.25) is 0 Å². The zero-order valence-electron chi connectivity index (χ0n) is 7.26. The highest BCUT2D eigenvalue weighted by Gasteiger charge is 1.93. The molecule has 0 aromatic carbocycles. The van der Waals surface area contributed by atoms with Crippen molar-refractivity contribution in [3.05, 3.63) is 50.8 Å². The molecule has 4 heteroatoms. The van der Waals surface area contributed by atoms with Crippen LogP contribution in [0.25, 0.3) is 6.08 Å². The molecular weight excluding hydrogens is 168 g/mol. The molecule has 4 nitrogen and oxygen atoms in total. The second kappa shape index (κ2) is 3.71. The van der Waals surface area contributed by atoms with Crippen molar-refractivity contribution in [2.45, 2.75) is 6.92 Å². The monoisotopic (exact) mass is 178 g/mol. The highest BCUT2D eigenvalue weighted by Crippen LogP contribution is 1.95. The van der Waals surface area contributed by atoms with Gasteiger partial charge < -0.3 is 4.98 Å². The van der Waals surface area contributed by atoms with E-state index in [1.165, 1.54) is 6.20 Å². The highest BCUT2D eigenvalue weighted by atomic mass is 16.2. The summed E-state index contributed by atoms with van der Waals surface area (Å²) in [4.78, 5) is 26.2. The minimum absolute atomic E-state index is 0.402. The quantitative estimate of drug-likeness (QED) is 0.653. The number of aromatic nitrogens is 2. The van der Waals surface area contributed by atoms with E-state index in [9.17, 15) is 9.59 Å². The van der Waals surface area contributed by atoms with Gasteiger partial charge in [-0.15, -0.1) is 0 Å². The number of aromatic amines is 2. The van der Waals surface area contributed by atoms with Crippen LogP contribution >= 0.6 is 0 Å². The number of hydrogen-bond donors (Lipinski definition) is 2. The molecule has 0 unspecified atom stereocenters. The third-order valence-electron chi connectivity index (χ3n) is 1.40. The van der Waals surface area contributed by atoms with E-state index < -0.39 is 11.2 Å². The van der Waals surface area contributed by atoms with Crippen LogP contribution in [0.15, 0.2) is 34.0 Å². The van der Waals surface area contributed by atoms with Crippen LogP contribution in [0.4, 0.5) is 0 Å². The Morgan fingerprint density at radius 1 is 1.54 bits per heavy atom. The Hall–Kier alpha value is -1.84. The topological polar surface area (TPSA) is 65.7 Å². The Balaban J connectivity index is 3.11. The SMILES string of the molecule is C=C(C)/C=C/c1c[nH]c(=O)[nH]c1=O. The maximum Gasteiger partial charge on any atom is 0.325 e. The molecule has 13 heavy (non-hydrogen) atoms. The summed E-state index contributed by atoms with van der Waals surface area (Å²) >= 11 is 0. The Morgan fingerprint density at radius 2 is 2.23 bits per heavy atom. The van der Waals surface area contributed by atoms with Gasteiger partial charge in [0.2, 0.25) is 0 Å². The molecule has 0 saturated carbocycles. The lowest BCUT2D eigenvalue weighted by Gasteiger charge is -1.90. The first-order valence-corrected chi connectivity index (χ1v) is 3.75. The first kappa shape index (κ1) is 9.25. The van der Waals surface area contributed by atoms with Gasteiger partial charge in [0.15, 0.2) is 0 Å². The van der Waals surface area contributed by atoms with E-state index in [0.717, 1.165) is 5.57 Å². The molecule has 0 aliphatic carbocycles. The molecule has 1 aromatic heterocycles. The van der Waals surface area contributed by atoms with Crippen LogP contribution in [-0.2, 0) is 0 Å². The Bertz CT molecular complexity index is 451. The van der Waals surface area contributed by atoms with Crippen LogP contribution in [0, 0.1) is 0 Å². The predicted octanol–water partition coefficient (Wildman–Crippen LogP) is 0.652. The third-order valence-corrected chi connectivity index (χ3v) is 1.40. The summed E-state index contributed by atoms with van der Waals surface area (Å²) in [6.07, 6.45) is 4.65. The smallest absolute Gasteiger partial charge is 0.314 e. The molecule has 0 spiro atoms. The molecule has 0 bridgehead atoms. The number of hydrogen-bond acceptors (Lipinski definition) is 2.